The van der Waals surface area contributed by atoms with Crippen molar-refractivity contribution in [2.24, 2.45) is 0 Å². The summed E-state index contributed by atoms with van der Waals surface area (Å²) in [5, 5.41) is 5.20. The Labute approximate surface area is 129 Å². The zero-order chi connectivity index (χ0) is 16.0. The highest BCUT2D eigenvalue weighted by atomic mass is 32.2. The molecule has 2 amide bonds. The van der Waals surface area contributed by atoms with Crippen molar-refractivity contribution in [3.8, 4) is 0 Å². The van der Waals surface area contributed by atoms with Gasteiger partial charge in [-0.2, -0.15) is 0 Å². The molecule has 22 heavy (non-hydrogen) atoms. The molecular weight excluding hydrogens is 306 g/mol. The van der Waals surface area contributed by atoms with E-state index in [0.717, 1.165) is 12.8 Å². The molecular formula is C14H19N3O4S. The molecule has 3 N–H and O–H groups in total. The summed E-state index contributed by atoms with van der Waals surface area (Å²) in [7, 11) is -3.60. The smallest absolute Gasteiger partial charge is 0.240 e. The lowest BCUT2D eigenvalue weighted by Gasteiger charge is -2.08. The third-order valence-electron chi connectivity index (χ3n) is 3.09. The van der Waals surface area contributed by atoms with Gasteiger partial charge in [-0.25, -0.2) is 13.1 Å². The molecule has 0 atom stereocenters. The predicted octanol–water partition coefficient (Wildman–Crippen LogP) is -0.250. The summed E-state index contributed by atoms with van der Waals surface area (Å²) in [4.78, 5) is 23.1. The van der Waals surface area contributed by atoms with E-state index >= 15 is 0 Å². The van der Waals surface area contributed by atoms with E-state index < -0.39 is 10.0 Å². The molecule has 0 unspecified atom stereocenters. The van der Waals surface area contributed by atoms with Crippen molar-refractivity contribution in [3.63, 3.8) is 0 Å². The Kier molecular flexibility index (Phi) is 5.51. The van der Waals surface area contributed by atoms with Crippen LogP contribution in [0.2, 0.25) is 0 Å². The molecule has 0 bridgehead atoms. The number of rotatable bonds is 8. The van der Waals surface area contributed by atoms with Crippen molar-refractivity contribution >= 4 is 21.8 Å². The number of carbonyl (C=O) groups is 2. The van der Waals surface area contributed by atoms with Gasteiger partial charge in [-0.05, 0) is 25.0 Å². The predicted molar refractivity (Wildman–Crippen MR) is 80.4 cm³/mol. The van der Waals surface area contributed by atoms with Gasteiger partial charge in [0.25, 0.3) is 0 Å². The SMILES string of the molecule is O=C(CCNS(=O)(=O)c1ccccc1)NCC(=O)NC1CC1. The number of nitrogens with one attached hydrogen (secondary N) is 3. The Balaban J connectivity index is 1.67. The van der Waals surface area contributed by atoms with Crippen LogP contribution in [0.15, 0.2) is 35.2 Å². The van der Waals surface area contributed by atoms with E-state index in [2.05, 4.69) is 15.4 Å². The second kappa shape index (κ2) is 7.37. The molecule has 120 valence electrons. The van der Waals surface area contributed by atoms with Gasteiger partial charge in [-0.3, -0.25) is 9.59 Å². The largest absolute Gasteiger partial charge is 0.352 e. The molecule has 0 heterocycles. The Morgan fingerprint density at radius 3 is 2.41 bits per heavy atom. The van der Waals surface area contributed by atoms with Crippen LogP contribution in [-0.4, -0.2) is 39.4 Å². The van der Waals surface area contributed by atoms with Crippen LogP contribution in [0.1, 0.15) is 19.3 Å². The summed E-state index contributed by atoms with van der Waals surface area (Å²) in [6.07, 6.45) is 1.95. The molecule has 0 aromatic heterocycles. The molecule has 0 radical (unpaired) electrons. The fourth-order valence-corrected chi connectivity index (χ4v) is 2.81. The van der Waals surface area contributed by atoms with Crippen molar-refractivity contribution < 1.29 is 18.0 Å². The molecule has 1 aliphatic rings. The lowest BCUT2D eigenvalue weighted by molar-refractivity contribution is -0.126. The maximum Gasteiger partial charge on any atom is 0.240 e. The summed E-state index contributed by atoms with van der Waals surface area (Å²) in [6.45, 7) is -0.103. The highest BCUT2D eigenvalue weighted by molar-refractivity contribution is 7.89. The highest BCUT2D eigenvalue weighted by Gasteiger charge is 2.23. The van der Waals surface area contributed by atoms with Crippen molar-refractivity contribution in [1.29, 1.82) is 0 Å². The summed E-state index contributed by atoms with van der Waals surface area (Å²) in [6, 6.07) is 8.18. The minimum atomic E-state index is -3.60. The van der Waals surface area contributed by atoms with E-state index in [9.17, 15) is 18.0 Å². The average molecular weight is 325 g/mol. The Morgan fingerprint density at radius 1 is 1.09 bits per heavy atom. The number of sulfonamides is 1. The molecule has 0 spiro atoms. The fourth-order valence-electron chi connectivity index (χ4n) is 1.76. The molecule has 1 aromatic carbocycles. The van der Waals surface area contributed by atoms with E-state index in [0.29, 0.717) is 0 Å². The maximum absolute atomic E-state index is 11.9. The summed E-state index contributed by atoms with van der Waals surface area (Å²) in [5.74, 6) is -0.595. The van der Waals surface area contributed by atoms with Crippen LogP contribution in [0, 0.1) is 0 Å². The molecule has 2 rings (SSSR count). The highest BCUT2D eigenvalue weighted by Crippen LogP contribution is 2.18. The van der Waals surface area contributed by atoms with Gasteiger partial charge in [0.15, 0.2) is 0 Å². The van der Waals surface area contributed by atoms with E-state index in [1.807, 2.05) is 0 Å². The van der Waals surface area contributed by atoms with Crippen LogP contribution in [0.4, 0.5) is 0 Å². The van der Waals surface area contributed by atoms with E-state index in [1.165, 1.54) is 12.1 Å². The second-order valence-corrected chi connectivity index (χ2v) is 6.85. The van der Waals surface area contributed by atoms with Crippen molar-refractivity contribution in [2.75, 3.05) is 13.1 Å². The average Bonchev–Trinajstić information content (AvgIpc) is 3.30. The minimum Gasteiger partial charge on any atom is -0.352 e. The third kappa shape index (κ3) is 5.45. The first-order chi connectivity index (χ1) is 10.5. The molecule has 0 aliphatic heterocycles. The van der Waals surface area contributed by atoms with Gasteiger partial charge in [0.05, 0.1) is 11.4 Å². The Morgan fingerprint density at radius 2 is 1.77 bits per heavy atom. The molecule has 1 aromatic rings. The normalized spacial score (nSPS) is 14.4. The molecule has 1 aliphatic carbocycles. The summed E-state index contributed by atoms with van der Waals surface area (Å²) >= 11 is 0. The quantitative estimate of drug-likeness (QED) is 0.613. The van der Waals surface area contributed by atoms with Gasteiger partial charge in [-0.1, -0.05) is 18.2 Å². The van der Waals surface area contributed by atoms with Crippen LogP contribution in [-0.2, 0) is 19.6 Å². The van der Waals surface area contributed by atoms with Gasteiger partial charge in [0.1, 0.15) is 0 Å². The maximum atomic E-state index is 11.9. The van der Waals surface area contributed by atoms with Crippen LogP contribution >= 0.6 is 0 Å². The second-order valence-electron chi connectivity index (χ2n) is 5.08. The number of benzene rings is 1. The summed E-state index contributed by atoms with van der Waals surface area (Å²) < 4.78 is 26.1. The fraction of sp³-hybridized carbons (Fsp3) is 0.429. The standard InChI is InChI=1S/C14H19N3O4S/c18-13(15-10-14(19)17-11-6-7-11)8-9-16-22(20,21)12-4-2-1-3-5-12/h1-5,11,16H,6-10H2,(H,15,18)(H,17,19). The number of carbonyl (C=O) groups excluding carboxylic acids is 2. The number of amides is 2. The topological polar surface area (TPSA) is 104 Å². The summed E-state index contributed by atoms with van der Waals surface area (Å²) in [5.41, 5.74) is 0. The van der Waals surface area contributed by atoms with Crippen molar-refractivity contribution in [2.45, 2.75) is 30.2 Å². The first kappa shape index (κ1) is 16.4. The molecule has 1 fully saturated rings. The third-order valence-corrected chi connectivity index (χ3v) is 4.56. The van der Waals surface area contributed by atoms with Crippen molar-refractivity contribution in [1.82, 2.24) is 15.4 Å². The molecule has 7 nitrogen and oxygen atoms in total. The van der Waals surface area contributed by atoms with E-state index in [-0.39, 0.29) is 42.3 Å². The monoisotopic (exact) mass is 325 g/mol. The first-order valence-electron chi connectivity index (χ1n) is 7.08. The molecule has 8 heteroatoms. The van der Waals surface area contributed by atoms with Crippen molar-refractivity contribution in [3.05, 3.63) is 30.3 Å². The zero-order valence-electron chi connectivity index (χ0n) is 12.0. The number of hydrogen-bond acceptors (Lipinski definition) is 4. The van der Waals surface area contributed by atoms with Gasteiger partial charge in [0.2, 0.25) is 21.8 Å². The van der Waals surface area contributed by atoms with Gasteiger partial charge < -0.3 is 10.6 Å². The van der Waals surface area contributed by atoms with Crippen LogP contribution in [0.3, 0.4) is 0 Å². The van der Waals surface area contributed by atoms with E-state index in [1.54, 1.807) is 18.2 Å². The molecule has 1 saturated carbocycles. The molecule has 0 saturated heterocycles. The lowest BCUT2D eigenvalue weighted by Crippen LogP contribution is -2.39. The lowest BCUT2D eigenvalue weighted by atomic mass is 10.4. The minimum absolute atomic E-state index is 0.0205. The number of hydrogen-bond donors (Lipinski definition) is 3. The Hall–Kier alpha value is -1.93. The van der Waals surface area contributed by atoms with Crippen LogP contribution in [0.5, 0.6) is 0 Å². The van der Waals surface area contributed by atoms with Crippen LogP contribution in [0.25, 0.3) is 0 Å². The zero-order valence-corrected chi connectivity index (χ0v) is 12.9. The Bertz CT molecular complexity index is 627. The van der Waals surface area contributed by atoms with Crippen LogP contribution < -0.4 is 15.4 Å². The van der Waals surface area contributed by atoms with Gasteiger partial charge in [-0.15, -0.1) is 0 Å². The van der Waals surface area contributed by atoms with Gasteiger partial charge >= 0.3 is 0 Å². The van der Waals surface area contributed by atoms with Gasteiger partial charge in [0, 0.05) is 19.0 Å². The van der Waals surface area contributed by atoms with E-state index in [4.69, 9.17) is 0 Å². The first-order valence-corrected chi connectivity index (χ1v) is 8.56.